The number of nitrogens with zero attached hydrogens (tertiary/aromatic N) is 3. The third-order valence-corrected chi connectivity index (χ3v) is 4.06. The maximum Gasteiger partial charge on any atom is 0.234 e. The van der Waals surface area contributed by atoms with Gasteiger partial charge in [-0.2, -0.15) is 4.98 Å². The number of nitrogens with two attached hydrogens (primary N) is 1. The summed E-state index contributed by atoms with van der Waals surface area (Å²) >= 11 is 0. The molecule has 0 radical (unpaired) electrons. The van der Waals surface area contributed by atoms with Gasteiger partial charge in [-0.1, -0.05) is 5.16 Å². The van der Waals surface area contributed by atoms with Crippen molar-refractivity contribution in [3.63, 3.8) is 0 Å². The van der Waals surface area contributed by atoms with E-state index in [9.17, 15) is 0 Å². The van der Waals surface area contributed by atoms with Crippen molar-refractivity contribution in [2.75, 3.05) is 19.8 Å². The number of aryl methyl sites for hydroxylation is 2. The Hall–Kier alpha value is -1.79. The van der Waals surface area contributed by atoms with Crippen LogP contribution in [-0.4, -0.2) is 34.9 Å². The lowest BCUT2D eigenvalue weighted by Gasteiger charge is -2.32. The third kappa shape index (κ3) is 2.69. The Morgan fingerprint density at radius 3 is 2.43 bits per heavy atom. The second-order valence-corrected chi connectivity index (χ2v) is 5.66. The fraction of sp³-hybridized carbons (Fsp3) is 0.533. The molecule has 0 aromatic carbocycles. The highest BCUT2D eigenvalue weighted by Crippen LogP contribution is 2.33. The van der Waals surface area contributed by atoms with Gasteiger partial charge in [0.2, 0.25) is 11.7 Å². The van der Waals surface area contributed by atoms with Crippen molar-refractivity contribution < 1.29 is 9.26 Å². The van der Waals surface area contributed by atoms with Crippen molar-refractivity contribution >= 4 is 0 Å². The van der Waals surface area contributed by atoms with E-state index in [2.05, 4.69) is 15.1 Å². The van der Waals surface area contributed by atoms with E-state index in [0.29, 0.717) is 31.5 Å². The van der Waals surface area contributed by atoms with Crippen molar-refractivity contribution in [3.8, 4) is 11.4 Å². The van der Waals surface area contributed by atoms with Gasteiger partial charge in [0.1, 0.15) is 0 Å². The molecule has 0 atom stereocenters. The Morgan fingerprint density at radius 1 is 1.14 bits per heavy atom. The molecular weight excluding hydrogens is 268 g/mol. The SMILES string of the molecule is Cc1cc(-c2noc(C3(CN)CCOCC3)n2)cc(C)n1. The highest BCUT2D eigenvalue weighted by atomic mass is 16.5. The maximum absolute atomic E-state index is 5.97. The van der Waals surface area contributed by atoms with Gasteiger partial charge < -0.3 is 15.0 Å². The molecule has 0 bridgehead atoms. The minimum Gasteiger partial charge on any atom is -0.381 e. The van der Waals surface area contributed by atoms with Gasteiger partial charge in [-0.15, -0.1) is 0 Å². The van der Waals surface area contributed by atoms with Crippen LogP contribution in [0, 0.1) is 13.8 Å². The lowest BCUT2D eigenvalue weighted by Crippen LogP contribution is -2.40. The molecule has 1 aliphatic rings. The van der Waals surface area contributed by atoms with Crippen molar-refractivity contribution in [2.45, 2.75) is 32.1 Å². The Bertz CT molecular complexity index is 612. The predicted octanol–water partition coefficient (Wildman–Crippen LogP) is 1.76. The summed E-state index contributed by atoms with van der Waals surface area (Å²) in [7, 11) is 0. The lowest BCUT2D eigenvalue weighted by atomic mass is 9.80. The van der Waals surface area contributed by atoms with Crippen LogP contribution in [0.5, 0.6) is 0 Å². The van der Waals surface area contributed by atoms with E-state index in [4.69, 9.17) is 15.0 Å². The van der Waals surface area contributed by atoms with Crippen LogP contribution in [0.25, 0.3) is 11.4 Å². The Kier molecular flexibility index (Phi) is 3.73. The van der Waals surface area contributed by atoms with Gasteiger partial charge in [0.25, 0.3) is 0 Å². The summed E-state index contributed by atoms with van der Waals surface area (Å²) in [5.74, 6) is 1.22. The average molecular weight is 288 g/mol. The Balaban J connectivity index is 1.95. The summed E-state index contributed by atoms with van der Waals surface area (Å²) in [6.07, 6.45) is 1.64. The van der Waals surface area contributed by atoms with Crippen molar-refractivity contribution in [1.82, 2.24) is 15.1 Å². The minimum atomic E-state index is -0.249. The summed E-state index contributed by atoms with van der Waals surface area (Å²) in [6.45, 7) is 5.77. The monoisotopic (exact) mass is 288 g/mol. The zero-order chi connectivity index (χ0) is 14.9. The first-order valence-corrected chi connectivity index (χ1v) is 7.21. The zero-order valence-corrected chi connectivity index (χ0v) is 12.4. The number of aromatic nitrogens is 3. The largest absolute Gasteiger partial charge is 0.381 e. The van der Waals surface area contributed by atoms with Crippen LogP contribution >= 0.6 is 0 Å². The lowest BCUT2D eigenvalue weighted by molar-refractivity contribution is 0.0409. The molecule has 2 aromatic rings. The molecule has 1 saturated heterocycles. The molecule has 0 amide bonds. The molecule has 2 aromatic heterocycles. The summed E-state index contributed by atoms with van der Waals surface area (Å²) in [5.41, 5.74) is 8.53. The number of ether oxygens (including phenoxy) is 1. The zero-order valence-electron chi connectivity index (χ0n) is 12.4. The van der Waals surface area contributed by atoms with E-state index in [0.717, 1.165) is 29.8 Å². The average Bonchev–Trinajstić information content (AvgIpc) is 2.97. The van der Waals surface area contributed by atoms with Crippen molar-refractivity contribution in [1.29, 1.82) is 0 Å². The van der Waals surface area contributed by atoms with Crippen LogP contribution < -0.4 is 5.73 Å². The van der Waals surface area contributed by atoms with Gasteiger partial charge in [0.15, 0.2) is 0 Å². The Morgan fingerprint density at radius 2 is 1.81 bits per heavy atom. The van der Waals surface area contributed by atoms with Crippen LogP contribution in [0.3, 0.4) is 0 Å². The first-order valence-electron chi connectivity index (χ1n) is 7.21. The standard InChI is InChI=1S/C15H20N4O2/c1-10-7-12(8-11(2)17-10)13-18-14(21-19-13)15(9-16)3-5-20-6-4-15/h7-8H,3-6,9,16H2,1-2H3. The smallest absolute Gasteiger partial charge is 0.234 e. The molecule has 0 saturated carbocycles. The van der Waals surface area contributed by atoms with Crippen LogP contribution in [0.15, 0.2) is 16.7 Å². The molecule has 6 heteroatoms. The molecular formula is C15H20N4O2. The Labute approximate surface area is 123 Å². The van der Waals surface area contributed by atoms with Gasteiger partial charge in [-0.3, -0.25) is 4.98 Å². The molecule has 2 N–H and O–H groups in total. The van der Waals surface area contributed by atoms with E-state index < -0.39 is 0 Å². The van der Waals surface area contributed by atoms with E-state index >= 15 is 0 Å². The molecule has 0 aliphatic carbocycles. The fourth-order valence-electron chi connectivity index (χ4n) is 2.79. The van der Waals surface area contributed by atoms with Gasteiger partial charge in [-0.25, -0.2) is 0 Å². The predicted molar refractivity (Wildman–Crippen MR) is 77.8 cm³/mol. The molecule has 112 valence electrons. The molecule has 21 heavy (non-hydrogen) atoms. The molecule has 1 aliphatic heterocycles. The van der Waals surface area contributed by atoms with Gasteiger partial charge in [0.05, 0.1) is 5.41 Å². The quantitative estimate of drug-likeness (QED) is 0.926. The summed E-state index contributed by atoms with van der Waals surface area (Å²) in [5, 5.41) is 4.13. The fourth-order valence-corrected chi connectivity index (χ4v) is 2.79. The number of hydrogen-bond donors (Lipinski definition) is 1. The van der Waals surface area contributed by atoms with Crippen LogP contribution in [-0.2, 0) is 10.2 Å². The molecule has 0 spiro atoms. The van der Waals surface area contributed by atoms with Gasteiger partial charge >= 0.3 is 0 Å². The second kappa shape index (κ2) is 5.54. The summed E-state index contributed by atoms with van der Waals surface area (Å²) in [4.78, 5) is 8.95. The van der Waals surface area contributed by atoms with E-state index in [-0.39, 0.29) is 5.41 Å². The first kappa shape index (κ1) is 14.2. The van der Waals surface area contributed by atoms with Gasteiger partial charge in [0, 0.05) is 36.7 Å². The van der Waals surface area contributed by atoms with E-state index in [1.807, 2.05) is 26.0 Å². The van der Waals surface area contributed by atoms with Crippen LogP contribution in [0.2, 0.25) is 0 Å². The van der Waals surface area contributed by atoms with Crippen molar-refractivity contribution in [2.24, 2.45) is 5.73 Å². The van der Waals surface area contributed by atoms with Gasteiger partial charge in [-0.05, 0) is 38.8 Å². The van der Waals surface area contributed by atoms with Crippen LogP contribution in [0.1, 0.15) is 30.1 Å². The topological polar surface area (TPSA) is 87.1 Å². The molecule has 3 rings (SSSR count). The van der Waals surface area contributed by atoms with E-state index in [1.165, 1.54) is 0 Å². The van der Waals surface area contributed by atoms with E-state index in [1.54, 1.807) is 0 Å². The summed E-state index contributed by atoms with van der Waals surface area (Å²) in [6, 6.07) is 3.92. The molecule has 3 heterocycles. The molecule has 6 nitrogen and oxygen atoms in total. The molecule has 1 fully saturated rings. The third-order valence-electron chi connectivity index (χ3n) is 4.06. The highest BCUT2D eigenvalue weighted by molar-refractivity contribution is 5.55. The number of pyridine rings is 1. The summed E-state index contributed by atoms with van der Waals surface area (Å²) < 4.78 is 10.9. The van der Waals surface area contributed by atoms with Crippen molar-refractivity contribution in [3.05, 3.63) is 29.4 Å². The van der Waals surface area contributed by atoms with Crippen LogP contribution in [0.4, 0.5) is 0 Å². The normalized spacial score (nSPS) is 17.9. The number of rotatable bonds is 3. The highest BCUT2D eigenvalue weighted by Gasteiger charge is 2.38. The number of hydrogen-bond acceptors (Lipinski definition) is 6. The second-order valence-electron chi connectivity index (χ2n) is 5.66. The molecule has 0 unspecified atom stereocenters. The minimum absolute atomic E-state index is 0.249. The first-order chi connectivity index (χ1) is 10.1. The maximum atomic E-state index is 5.97.